The molecule has 0 unspecified atom stereocenters. The fraction of sp³-hybridized carbons (Fsp3) is 0.457. The molecule has 2 aromatic carbocycles. The number of carbonyl (C=O) groups excluding carboxylic acids is 1. The lowest BCUT2D eigenvalue weighted by Crippen LogP contribution is -2.57. The van der Waals surface area contributed by atoms with E-state index in [0.717, 1.165) is 104 Å². The third-order valence-corrected chi connectivity index (χ3v) is 14.4. The van der Waals surface area contributed by atoms with E-state index in [2.05, 4.69) is 59.3 Å². The number of thiazole rings is 2. The van der Waals surface area contributed by atoms with Crippen LogP contribution in [0.1, 0.15) is 31.2 Å². The molecule has 17 nitrogen and oxygen atoms in total. The van der Waals surface area contributed by atoms with Gasteiger partial charge in [-0.3, -0.25) is 4.79 Å². The van der Waals surface area contributed by atoms with Crippen LogP contribution in [0.3, 0.4) is 0 Å². The van der Waals surface area contributed by atoms with Gasteiger partial charge in [0.25, 0.3) is 0 Å². The molecule has 3 saturated heterocycles. The molecular weight excluding hydrogens is 909 g/mol. The van der Waals surface area contributed by atoms with Crippen molar-refractivity contribution in [1.82, 2.24) is 14.9 Å². The third kappa shape index (κ3) is 12.9. The summed E-state index contributed by atoms with van der Waals surface area (Å²) in [6, 6.07) is 15.8. The molecule has 3 fully saturated rings. The van der Waals surface area contributed by atoms with Crippen molar-refractivity contribution in [3.05, 3.63) is 91.5 Å². The summed E-state index contributed by atoms with van der Waals surface area (Å²) in [5.74, 6) is -0.329. The minimum atomic E-state index is -3.58. The van der Waals surface area contributed by atoms with E-state index >= 15 is 0 Å². The number of aryl methyl sites for hydroxylation is 1. The molecule has 0 atom stereocenters. The Morgan fingerprint density at radius 3 is 1.88 bits per heavy atom. The van der Waals surface area contributed by atoms with Gasteiger partial charge in [-0.05, 0) is 63.7 Å². The molecule has 3 aliphatic rings. The van der Waals surface area contributed by atoms with E-state index in [1.54, 1.807) is 19.4 Å². The summed E-state index contributed by atoms with van der Waals surface area (Å²) >= 11 is 2.79. The minimum absolute atomic E-state index is 0.0899. The summed E-state index contributed by atoms with van der Waals surface area (Å²) in [4.78, 5) is 52.6. The predicted octanol–water partition coefficient (Wildman–Crippen LogP) is 5.97. The zero-order chi connectivity index (χ0) is 46.8. The van der Waals surface area contributed by atoms with Gasteiger partial charge in [-0.2, -0.15) is 8.42 Å². The van der Waals surface area contributed by atoms with Gasteiger partial charge in [-0.1, -0.05) is 0 Å². The van der Waals surface area contributed by atoms with Crippen LogP contribution in [0.4, 0.5) is 11.4 Å². The van der Waals surface area contributed by atoms with E-state index < -0.39 is 16.0 Å². The molecule has 4 aromatic heterocycles. The lowest BCUT2D eigenvalue weighted by Gasteiger charge is -2.43. The van der Waals surface area contributed by atoms with Crippen molar-refractivity contribution in [1.29, 1.82) is 0 Å². The predicted molar refractivity (Wildman–Crippen MR) is 257 cm³/mol. The van der Waals surface area contributed by atoms with Gasteiger partial charge in [0.2, 0.25) is 0 Å². The van der Waals surface area contributed by atoms with Gasteiger partial charge in [0.05, 0.1) is 89.4 Å². The Kier molecular flexibility index (Phi) is 16.4. The Bertz CT molecular complexity index is 2810. The largest absolute Gasteiger partial charge is 0.466 e. The molecular formula is C46H57N6O11S3+. The number of ether oxygens (including phenoxy) is 2. The summed E-state index contributed by atoms with van der Waals surface area (Å²) in [6.45, 7) is 14.6. The van der Waals surface area contributed by atoms with E-state index in [-0.39, 0.29) is 31.2 Å². The van der Waals surface area contributed by atoms with Crippen molar-refractivity contribution in [2.45, 2.75) is 33.1 Å². The average Bonchev–Trinajstić information content (AvgIpc) is 3.95. The van der Waals surface area contributed by atoms with Crippen LogP contribution in [0, 0.1) is 6.92 Å². The first kappa shape index (κ1) is 48.9. The number of piperazine rings is 2. The van der Waals surface area contributed by atoms with Crippen LogP contribution in [0.2, 0.25) is 0 Å². The van der Waals surface area contributed by atoms with Crippen molar-refractivity contribution in [3.8, 4) is 21.1 Å². The Morgan fingerprint density at radius 2 is 1.36 bits per heavy atom. The van der Waals surface area contributed by atoms with Gasteiger partial charge in [0.1, 0.15) is 21.2 Å². The number of methoxy groups -OCH3 is 1. The van der Waals surface area contributed by atoms with E-state index in [1.165, 1.54) is 22.7 Å². The molecule has 0 amide bonds. The molecule has 66 heavy (non-hydrogen) atoms. The molecule has 0 saturated carbocycles. The molecule has 3 aliphatic heterocycles. The number of benzene rings is 2. The summed E-state index contributed by atoms with van der Waals surface area (Å²) in [6.07, 6.45) is 1.81. The molecule has 354 valence electrons. The van der Waals surface area contributed by atoms with E-state index in [4.69, 9.17) is 18.3 Å². The van der Waals surface area contributed by atoms with Crippen LogP contribution >= 0.6 is 22.7 Å². The van der Waals surface area contributed by atoms with Gasteiger partial charge in [0.15, 0.2) is 0 Å². The summed E-state index contributed by atoms with van der Waals surface area (Å²) in [7, 11) is 2.61. The number of esters is 1. The second-order valence-corrected chi connectivity index (χ2v) is 19.6. The Labute approximate surface area is 392 Å². The highest BCUT2D eigenvalue weighted by Gasteiger charge is 2.29. The molecule has 20 heteroatoms. The first-order valence-electron chi connectivity index (χ1n) is 21.9. The number of carbonyl (C=O) groups is 1. The standard InChI is InChI=1S/C25H32N3O5S.C18H19N3O2S.C3H6O4S/c1-4-32-23(29)15-19-17-34-24(26-19)21-14-18-6-7-20(16-22(18)33-25(21)30)27-8-11-28(2,12-9-27)10-5-13-31-3;1-12-11-24-17(19-12)15-9-13-3-4-14(10-16(13)23-18(15)22)21-7-5-20(2)6-8-21;4-8(5)6-2-1-3-7-8/h6-7,14,16-17H,4-5,8-13,15H2,1-3H3;3-4,9-11H,5-8H2,1-2H3;1-3H2/q+1;;. The van der Waals surface area contributed by atoms with Crippen LogP contribution in [0.15, 0.2) is 77.7 Å². The average molecular weight is 966 g/mol. The second-order valence-electron chi connectivity index (χ2n) is 16.6. The number of quaternary nitrogens is 1. The minimum Gasteiger partial charge on any atom is -0.466 e. The monoisotopic (exact) mass is 965 g/mol. The number of hydrogen-bond acceptors (Lipinski definition) is 18. The van der Waals surface area contributed by atoms with Gasteiger partial charge < -0.3 is 37.5 Å². The lowest BCUT2D eigenvalue weighted by molar-refractivity contribution is -0.910. The molecule has 7 heterocycles. The Morgan fingerprint density at radius 1 is 0.803 bits per heavy atom. The molecule has 6 aromatic rings. The summed E-state index contributed by atoms with van der Waals surface area (Å²) < 4.78 is 51.3. The maximum absolute atomic E-state index is 12.7. The summed E-state index contributed by atoms with van der Waals surface area (Å²) in [5.41, 5.74) is 5.07. The van der Waals surface area contributed by atoms with Crippen LogP contribution in [0.25, 0.3) is 43.1 Å². The quantitative estimate of drug-likeness (QED) is 0.0640. The van der Waals surface area contributed by atoms with Gasteiger partial charge in [0, 0.05) is 90.4 Å². The maximum atomic E-state index is 12.7. The van der Waals surface area contributed by atoms with E-state index in [1.807, 2.05) is 48.7 Å². The van der Waals surface area contributed by atoms with Crippen LogP contribution in [0.5, 0.6) is 0 Å². The van der Waals surface area contributed by atoms with Gasteiger partial charge in [-0.15, -0.1) is 22.7 Å². The van der Waals surface area contributed by atoms with Gasteiger partial charge >= 0.3 is 27.6 Å². The van der Waals surface area contributed by atoms with E-state index in [9.17, 15) is 22.8 Å². The molecule has 9 rings (SSSR count). The first-order valence-corrected chi connectivity index (χ1v) is 25.0. The molecule has 0 spiro atoms. The van der Waals surface area contributed by atoms with Crippen LogP contribution < -0.4 is 21.1 Å². The smallest absolute Gasteiger partial charge is 0.399 e. The normalized spacial score (nSPS) is 17.2. The highest BCUT2D eigenvalue weighted by molar-refractivity contribution is 7.81. The topological polar surface area (TPSA) is 184 Å². The zero-order valence-electron chi connectivity index (χ0n) is 38.0. The first-order chi connectivity index (χ1) is 31.7. The highest BCUT2D eigenvalue weighted by atomic mass is 32.3. The number of likely N-dealkylation sites (N-methyl/N-ethyl adjacent to an activating group) is 2. The molecule has 0 radical (unpaired) electrons. The molecule has 0 N–H and O–H groups in total. The SMILES string of the molecule is CCOC(=O)Cc1csc(-c2cc3ccc(N4CC[N+](C)(CCCOC)CC4)cc3oc2=O)n1.Cc1csc(-c2cc3ccc(N4CCN(C)CC4)cc3oc2=O)n1.O=S1(=O)OCCCO1. The van der Waals surface area contributed by atoms with Crippen molar-refractivity contribution in [2.75, 3.05) is 116 Å². The number of hydrogen-bond donors (Lipinski definition) is 0. The number of aromatic nitrogens is 2. The molecule has 0 aliphatic carbocycles. The van der Waals surface area contributed by atoms with E-state index in [0.29, 0.717) is 51.0 Å². The Balaban J connectivity index is 0.000000174. The number of rotatable bonds is 11. The fourth-order valence-electron chi connectivity index (χ4n) is 7.74. The second kappa shape index (κ2) is 22.2. The highest BCUT2D eigenvalue weighted by Crippen LogP contribution is 2.30. The van der Waals surface area contributed by atoms with Crippen molar-refractivity contribution in [2.24, 2.45) is 0 Å². The van der Waals surface area contributed by atoms with Gasteiger partial charge in [-0.25, -0.2) is 27.9 Å². The summed E-state index contributed by atoms with van der Waals surface area (Å²) in [5, 5.41) is 6.74. The third-order valence-electron chi connectivity index (χ3n) is 11.5. The maximum Gasteiger partial charge on any atom is 0.399 e. The fourth-order valence-corrected chi connectivity index (χ4v) is 10.1. The number of nitrogens with zero attached hydrogens (tertiary/aromatic N) is 6. The lowest BCUT2D eigenvalue weighted by atomic mass is 10.1. The van der Waals surface area contributed by atoms with Crippen molar-refractivity contribution < 1.29 is 44.4 Å². The van der Waals surface area contributed by atoms with Crippen LogP contribution in [-0.2, 0) is 39.5 Å². The number of anilines is 2. The Hall–Kier alpha value is -5.06. The van der Waals surface area contributed by atoms with Crippen molar-refractivity contribution >= 4 is 72.4 Å². The number of fused-ring (bicyclic) bond motifs is 2. The molecule has 0 bridgehead atoms. The van der Waals surface area contributed by atoms with Crippen LogP contribution in [-0.4, -0.2) is 140 Å². The van der Waals surface area contributed by atoms with Crippen molar-refractivity contribution in [3.63, 3.8) is 0 Å². The zero-order valence-corrected chi connectivity index (χ0v) is 40.4.